The lowest BCUT2D eigenvalue weighted by molar-refractivity contribution is -0.0696. The Labute approximate surface area is 115 Å². The zero-order chi connectivity index (χ0) is 13.1. The van der Waals surface area contributed by atoms with E-state index in [0.717, 1.165) is 19.0 Å². The second kappa shape index (κ2) is 5.51. The van der Waals surface area contributed by atoms with Crippen molar-refractivity contribution in [2.45, 2.75) is 37.1 Å². The lowest BCUT2D eigenvalue weighted by atomic mass is 9.72. The molecule has 19 heavy (non-hydrogen) atoms. The van der Waals surface area contributed by atoms with Gasteiger partial charge in [0.15, 0.2) is 0 Å². The molecule has 3 rings (SSSR count). The highest BCUT2D eigenvalue weighted by Gasteiger charge is 2.42. The normalized spacial score (nSPS) is 25.6. The third kappa shape index (κ3) is 2.63. The van der Waals surface area contributed by atoms with Crippen molar-refractivity contribution in [2.75, 3.05) is 26.9 Å². The molecule has 0 saturated carbocycles. The van der Waals surface area contributed by atoms with Crippen molar-refractivity contribution in [3.8, 4) is 5.75 Å². The van der Waals surface area contributed by atoms with Gasteiger partial charge in [-0.2, -0.15) is 0 Å². The number of benzene rings is 1. The minimum absolute atomic E-state index is 0.198. The van der Waals surface area contributed by atoms with Crippen LogP contribution in [0.25, 0.3) is 0 Å². The van der Waals surface area contributed by atoms with E-state index in [0.29, 0.717) is 6.04 Å². The molecule has 104 valence electrons. The summed E-state index contributed by atoms with van der Waals surface area (Å²) in [6, 6.07) is 9.13. The van der Waals surface area contributed by atoms with Crippen LogP contribution in [0, 0.1) is 0 Å². The molecule has 1 unspecified atom stereocenters. The first-order chi connectivity index (χ1) is 9.32. The van der Waals surface area contributed by atoms with Crippen molar-refractivity contribution in [3.05, 3.63) is 29.8 Å². The molecule has 3 heteroatoms. The maximum Gasteiger partial charge on any atom is 0.119 e. The van der Waals surface area contributed by atoms with Crippen LogP contribution in [0.15, 0.2) is 24.3 Å². The van der Waals surface area contributed by atoms with Crippen LogP contribution in [-0.2, 0) is 10.2 Å². The second-order valence-corrected chi connectivity index (χ2v) is 5.86. The van der Waals surface area contributed by atoms with E-state index in [1.54, 1.807) is 7.11 Å². The monoisotopic (exact) mass is 261 g/mol. The van der Waals surface area contributed by atoms with Gasteiger partial charge in [-0.3, -0.25) is 0 Å². The van der Waals surface area contributed by atoms with Crippen LogP contribution < -0.4 is 10.1 Å². The first-order valence-corrected chi connectivity index (χ1v) is 7.28. The third-order valence-electron chi connectivity index (χ3n) is 4.49. The van der Waals surface area contributed by atoms with Gasteiger partial charge in [0, 0.05) is 11.5 Å². The van der Waals surface area contributed by atoms with Crippen LogP contribution in [0.1, 0.15) is 31.2 Å². The molecular formula is C16H23NO2. The van der Waals surface area contributed by atoms with Crippen LogP contribution >= 0.6 is 0 Å². The lowest BCUT2D eigenvalue weighted by Crippen LogP contribution is -2.51. The molecule has 0 spiro atoms. The molecule has 2 aliphatic rings. The summed E-state index contributed by atoms with van der Waals surface area (Å²) in [4.78, 5) is 0. The highest BCUT2D eigenvalue weighted by Crippen LogP contribution is 2.39. The van der Waals surface area contributed by atoms with E-state index in [-0.39, 0.29) is 5.41 Å². The van der Waals surface area contributed by atoms with Crippen molar-refractivity contribution in [1.29, 1.82) is 0 Å². The number of hydrogen-bond acceptors (Lipinski definition) is 3. The molecule has 1 atom stereocenters. The largest absolute Gasteiger partial charge is 0.497 e. The average Bonchev–Trinajstić information content (AvgIpc) is 2.44. The molecular weight excluding hydrogens is 238 g/mol. The molecule has 1 aromatic carbocycles. The Balaban J connectivity index is 1.77. The van der Waals surface area contributed by atoms with Gasteiger partial charge in [0.2, 0.25) is 0 Å². The van der Waals surface area contributed by atoms with Crippen LogP contribution in [0.5, 0.6) is 5.75 Å². The van der Waals surface area contributed by atoms with Gasteiger partial charge in [0.25, 0.3) is 0 Å². The van der Waals surface area contributed by atoms with Gasteiger partial charge in [0.1, 0.15) is 5.75 Å². The van der Waals surface area contributed by atoms with Crippen LogP contribution in [0.4, 0.5) is 0 Å². The topological polar surface area (TPSA) is 30.5 Å². The van der Waals surface area contributed by atoms with E-state index in [1.165, 1.54) is 37.8 Å². The Morgan fingerprint density at radius 3 is 2.89 bits per heavy atom. The molecule has 0 bridgehead atoms. The van der Waals surface area contributed by atoms with Gasteiger partial charge in [-0.05, 0) is 43.5 Å². The Bertz CT molecular complexity index is 423. The fourth-order valence-electron chi connectivity index (χ4n) is 3.27. The van der Waals surface area contributed by atoms with Gasteiger partial charge in [0.05, 0.1) is 20.3 Å². The summed E-state index contributed by atoms with van der Waals surface area (Å²) in [7, 11) is 1.73. The molecule has 0 amide bonds. The van der Waals surface area contributed by atoms with Gasteiger partial charge >= 0.3 is 0 Å². The second-order valence-electron chi connectivity index (χ2n) is 5.86. The zero-order valence-corrected chi connectivity index (χ0v) is 11.7. The van der Waals surface area contributed by atoms with E-state index in [4.69, 9.17) is 9.47 Å². The van der Waals surface area contributed by atoms with Crippen molar-refractivity contribution >= 4 is 0 Å². The van der Waals surface area contributed by atoms with Crippen LogP contribution in [0.3, 0.4) is 0 Å². The van der Waals surface area contributed by atoms with E-state index >= 15 is 0 Å². The van der Waals surface area contributed by atoms with Crippen molar-refractivity contribution < 1.29 is 9.47 Å². The van der Waals surface area contributed by atoms with Crippen LogP contribution in [-0.4, -0.2) is 32.9 Å². The van der Waals surface area contributed by atoms with Crippen LogP contribution in [0.2, 0.25) is 0 Å². The van der Waals surface area contributed by atoms with Gasteiger partial charge in [-0.1, -0.05) is 18.6 Å². The molecule has 2 heterocycles. The van der Waals surface area contributed by atoms with Gasteiger partial charge < -0.3 is 14.8 Å². The quantitative estimate of drug-likeness (QED) is 0.903. The summed E-state index contributed by atoms with van der Waals surface area (Å²) in [5.41, 5.74) is 1.56. The Morgan fingerprint density at radius 2 is 2.26 bits per heavy atom. The van der Waals surface area contributed by atoms with E-state index in [2.05, 4.69) is 23.5 Å². The summed E-state index contributed by atoms with van der Waals surface area (Å²) in [6.45, 7) is 2.86. The minimum atomic E-state index is 0.198. The molecule has 1 aromatic rings. The smallest absolute Gasteiger partial charge is 0.119 e. The van der Waals surface area contributed by atoms with Gasteiger partial charge in [-0.15, -0.1) is 0 Å². The molecule has 2 fully saturated rings. The number of ether oxygens (including phenoxy) is 2. The van der Waals surface area contributed by atoms with Crippen molar-refractivity contribution in [1.82, 2.24) is 5.32 Å². The summed E-state index contributed by atoms with van der Waals surface area (Å²) >= 11 is 0. The predicted octanol–water partition coefficient (Wildman–Crippen LogP) is 2.50. The first kappa shape index (κ1) is 12.9. The van der Waals surface area contributed by atoms with Crippen molar-refractivity contribution in [3.63, 3.8) is 0 Å². The van der Waals surface area contributed by atoms with Crippen molar-refractivity contribution in [2.24, 2.45) is 0 Å². The fraction of sp³-hybridized carbons (Fsp3) is 0.625. The third-order valence-corrected chi connectivity index (χ3v) is 4.49. The Hall–Kier alpha value is -1.06. The standard InChI is InChI=1S/C16H23NO2/c1-18-15-7-4-5-13(9-15)16(11-19-12-16)10-14-6-2-3-8-17-14/h4-5,7,9,14,17H,2-3,6,8,10-12H2,1H3. The van der Waals surface area contributed by atoms with E-state index in [1.807, 2.05) is 6.07 Å². The van der Waals surface area contributed by atoms with E-state index in [9.17, 15) is 0 Å². The summed E-state index contributed by atoms with van der Waals surface area (Å²) in [6.07, 6.45) is 5.15. The molecule has 3 nitrogen and oxygen atoms in total. The number of methoxy groups -OCH3 is 1. The fourth-order valence-corrected chi connectivity index (χ4v) is 3.27. The zero-order valence-electron chi connectivity index (χ0n) is 11.7. The summed E-state index contributed by atoms with van der Waals surface area (Å²) < 4.78 is 10.9. The maximum atomic E-state index is 5.54. The molecule has 0 aromatic heterocycles. The minimum Gasteiger partial charge on any atom is -0.497 e. The summed E-state index contributed by atoms with van der Waals surface area (Å²) in [5, 5.41) is 3.65. The Morgan fingerprint density at radius 1 is 1.37 bits per heavy atom. The lowest BCUT2D eigenvalue weighted by Gasteiger charge is -2.45. The highest BCUT2D eigenvalue weighted by molar-refractivity contribution is 5.35. The number of nitrogens with one attached hydrogen (secondary N) is 1. The molecule has 2 aliphatic heterocycles. The molecule has 0 aliphatic carbocycles. The molecule has 0 radical (unpaired) electrons. The first-order valence-electron chi connectivity index (χ1n) is 7.28. The Kier molecular flexibility index (Phi) is 3.76. The maximum absolute atomic E-state index is 5.54. The van der Waals surface area contributed by atoms with E-state index < -0.39 is 0 Å². The SMILES string of the molecule is COc1cccc(C2(CC3CCCCN3)COC2)c1. The molecule has 2 saturated heterocycles. The van der Waals surface area contributed by atoms with Gasteiger partial charge in [-0.25, -0.2) is 0 Å². The number of rotatable bonds is 4. The highest BCUT2D eigenvalue weighted by atomic mass is 16.5. The number of piperidine rings is 1. The number of hydrogen-bond donors (Lipinski definition) is 1. The summed E-state index contributed by atoms with van der Waals surface area (Å²) in [5.74, 6) is 0.945. The molecule has 1 N–H and O–H groups in total. The average molecular weight is 261 g/mol. The predicted molar refractivity (Wildman–Crippen MR) is 75.7 cm³/mol.